The number of hydrogen-bond acceptors (Lipinski definition) is 2. The fourth-order valence-electron chi connectivity index (χ4n) is 0.676. The van der Waals surface area contributed by atoms with Crippen molar-refractivity contribution < 1.29 is 22.4 Å². The summed E-state index contributed by atoms with van der Waals surface area (Å²) in [7, 11) is 1.33. The molecule has 0 aromatic carbocycles. The molecule has 0 saturated heterocycles. The molecule has 0 spiro atoms. The molecule has 0 aliphatic rings. The van der Waals surface area contributed by atoms with Gasteiger partial charge in [0.25, 0.3) is 0 Å². The van der Waals surface area contributed by atoms with E-state index in [0.29, 0.717) is 0 Å². The number of halogens is 4. The number of likely N-dealkylation sites (N-methyl/N-ethyl adjacent to an activating group) is 1. The molecule has 14 heavy (non-hydrogen) atoms. The molecule has 0 aromatic rings. The molecule has 0 bridgehead atoms. The maximum absolute atomic E-state index is 12.3. The van der Waals surface area contributed by atoms with Gasteiger partial charge >= 0.3 is 12.3 Å². The summed E-state index contributed by atoms with van der Waals surface area (Å²) < 4.78 is 48.0. The molecule has 1 atom stereocenters. The molecule has 0 fully saturated rings. The highest BCUT2D eigenvalue weighted by molar-refractivity contribution is 5.80. The van der Waals surface area contributed by atoms with E-state index < -0.39 is 30.8 Å². The number of carbonyl (C=O) groups excluding carboxylic acids is 1. The van der Waals surface area contributed by atoms with Gasteiger partial charge in [0.15, 0.2) is 0 Å². The SMILES string of the molecule is CNC(=O)C(C)NCC(F)(F)C(F)F. The molecule has 0 heterocycles. The Morgan fingerprint density at radius 1 is 1.43 bits per heavy atom. The maximum atomic E-state index is 12.3. The Morgan fingerprint density at radius 2 is 1.93 bits per heavy atom. The monoisotopic (exact) mass is 216 g/mol. The van der Waals surface area contributed by atoms with Crippen LogP contribution in [0.3, 0.4) is 0 Å². The van der Waals surface area contributed by atoms with Crippen molar-refractivity contribution in [3.8, 4) is 0 Å². The third kappa shape index (κ3) is 3.91. The Balaban J connectivity index is 3.99. The topological polar surface area (TPSA) is 41.1 Å². The van der Waals surface area contributed by atoms with Gasteiger partial charge in [-0.3, -0.25) is 4.79 Å². The van der Waals surface area contributed by atoms with Crippen LogP contribution >= 0.6 is 0 Å². The van der Waals surface area contributed by atoms with Crippen molar-refractivity contribution in [2.75, 3.05) is 13.6 Å². The average Bonchev–Trinajstić information content (AvgIpc) is 2.12. The summed E-state index contributed by atoms with van der Waals surface area (Å²) in [6.07, 6.45) is -3.73. The van der Waals surface area contributed by atoms with E-state index in [4.69, 9.17) is 0 Å². The Morgan fingerprint density at radius 3 is 2.29 bits per heavy atom. The molecule has 0 rings (SSSR count). The largest absolute Gasteiger partial charge is 0.358 e. The lowest BCUT2D eigenvalue weighted by molar-refractivity contribution is -0.131. The number of alkyl halides is 4. The van der Waals surface area contributed by atoms with Crippen molar-refractivity contribution in [1.82, 2.24) is 10.6 Å². The predicted octanol–water partition coefficient (Wildman–Crippen LogP) is 0.611. The van der Waals surface area contributed by atoms with E-state index in [0.717, 1.165) is 0 Å². The molecule has 84 valence electrons. The molecular weight excluding hydrogens is 204 g/mol. The Hall–Kier alpha value is -0.850. The van der Waals surface area contributed by atoms with E-state index >= 15 is 0 Å². The normalized spacial score (nSPS) is 14.2. The van der Waals surface area contributed by atoms with Crippen molar-refractivity contribution in [2.24, 2.45) is 0 Å². The van der Waals surface area contributed by atoms with Gasteiger partial charge in [-0.15, -0.1) is 0 Å². The third-order valence-electron chi connectivity index (χ3n) is 1.60. The van der Waals surface area contributed by atoms with Crippen LogP contribution in [0.5, 0.6) is 0 Å². The van der Waals surface area contributed by atoms with Crippen molar-refractivity contribution in [1.29, 1.82) is 0 Å². The van der Waals surface area contributed by atoms with Crippen LogP contribution < -0.4 is 10.6 Å². The number of rotatable bonds is 5. The third-order valence-corrected chi connectivity index (χ3v) is 1.60. The van der Waals surface area contributed by atoms with E-state index in [-0.39, 0.29) is 0 Å². The summed E-state index contributed by atoms with van der Waals surface area (Å²) in [5.74, 6) is -4.64. The quantitative estimate of drug-likeness (QED) is 0.661. The summed E-state index contributed by atoms with van der Waals surface area (Å²) in [6, 6.07) is -0.926. The zero-order valence-corrected chi connectivity index (χ0v) is 7.78. The summed E-state index contributed by atoms with van der Waals surface area (Å²) in [6.45, 7) is 0.0830. The summed E-state index contributed by atoms with van der Waals surface area (Å²) in [5, 5.41) is 4.21. The van der Waals surface area contributed by atoms with Gasteiger partial charge in [0.1, 0.15) is 0 Å². The van der Waals surface area contributed by atoms with Gasteiger partial charge in [-0.2, -0.15) is 8.78 Å². The van der Waals surface area contributed by atoms with E-state index in [9.17, 15) is 22.4 Å². The van der Waals surface area contributed by atoms with Crippen LogP contribution in [0.4, 0.5) is 17.6 Å². The molecular formula is C7H12F4N2O. The predicted molar refractivity (Wildman–Crippen MR) is 42.5 cm³/mol. The van der Waals surface area contributed by atoms with Crippen molar-refractivity contribution in [3.63, 3.8) is 0 Å². The smallest absolute Gasteiger partial charge is 0.319 e. The Bertz CT molecular complexity index is 198. The minimum absolute atomic E-state index is 0.532. The second-order valence-electron chi connectivity index (χ2n) is 2.78. The highest BCUT2D eigenvalue weighted by Gasteiger charge is 2.40. The second kappa shape index (κ2) is 5.14. The molecule has 0 aromatic heterocycles. The van der Waals surface area contributed by atoms with Gasteiger partial charge < -0.3 is 10.6 Å². The van der Waals surface area contributed by atoms with Crippen LogP contribution in [0, 0.1) is 0 Å². The van der Waals surface area contributed by atoms with Crippen LogP contribution in [-0.4, -0.2) is 37.9 Å². The first-order valence-electron chi connectivity index (χ1n) is 3.92. The van der Waals surface area contributed by atoms with Crippen molar-refractivity contribution in [2.45, 2.75) is 25.3 Å². The maximum Gasteiger partial charge on any atom is 0.319 e. The molecule has 0 aliphatic heterocycles. The van der Waals surface area contributed by atoms with Crippen LogP contribution in [-0.2, 0) is 4.79 Å². The molecule has 0 saturated carbocycles. The minimum atomic E-state index is -4.11. The molecule has 1 unspecified atom stereocenters. The number of amides is 1. The molecule has 3 nitrogen and oxygen atoms in total. The average molecular weight is 216 g/mol. The van der Waals surface area contributed by atoms with Crippen LogP contribution in [0.1, 0.15) is 6.92 Å². The first kappa shape index (κ1) is 13.2. The first-order valence-corrected chi connectivity index (χ1v) is 3.92. The molecule has 0 aliphatic carbocycles. The summed E-state index contributed by atoms with van der Waals surface area (Å²) >= 11 is 0. The van der Waals surface area contributed by atoms with E-state index in [1.807, 2.05) is 5.32 Å². The fraction of sp³-hybridized carbons (Fsp3) is 0.857. The number of hydrogen-bond donors (Lipinski definition) is 2. The lowest BCUT2D eigenvalue weighted by Crippen LogP contribution is -2.47. The van der Waals surface area contributed by atoms with Crippen molar-refractivity contribution >= 4 is 5.91 Å². The van der Waals surface area contributed by atoms with E-state index in [2.05, 4.69) is 5.32 Å². The standard InChI is InChI=1S/C7H12F4N2O/c1-4(5(14)12-2)13-3-7(10,11)6(8)9/h4,6,13H,3H2,1-2H3,(H,12,14). The number of carbonyl (C=O) groups is 1. The van der Waals surface area contributed by atoms with E-state index in [1.54, 1.807) is 0 Å². The highest BCUT2D eigenvalue weighted by Crippen LogP contribution is 2.21. The van der Waals surface area contributed by atoms with Gasteiger partial charge in [0.05, 0.1) is 12.6 Å². The lowest BCUT2D eigenvalue weighted by atomic mass is 10.2. The first-order chi connectivity index (χ1) is 6.31. The fourth-order valence-corrected chi connectivity index (χ4v) is 0.676. The van der Waals surface area contributed by atoms with Crippen molar-refractivity contribution in [3.05, 3.63) is 0 Å². The molecule has 1 amide bonds. The molecule has 2 N–H and O–H groups in total. The molecule has 0 radical (unpaired) electrons. The zero-order chi connectivity index (χ0) is 11.4. The Kier molecular flexibility index (Phi) is 4.82. The van der Waals surface area contributed by atoms with Gasteiger partial charge in [-0.05, 0) is 6.92 Å². The summed E-state index contributed by atoms with van der Waals surface area (Å²) in [5.41, 5.74) is 0. The van der Waals surface area contributed by atoms with Gasteiger partial charge in [-0.25, -0.2) is 8.78 Å². The minimum Gasteiger partial charge on any atom is -0.358 e. The zero-order valence-electron chi connectivity index (χ0n) is 7.78. The van der Waals surface area contributed by atoms with Gasteiger partial charge in [-0.1, -0.05) is 0 Å². The number of nitrogens with one attached hydrogen (secondary N) is 2. The van der Waals surface area contributed by atoms with Crippen LogP contribution in [0.15, 0.2) is 0 Å². The van der Waals surface area contributed by atoms with Crippen LogP contribution in [0.25, 0.3) is 0 Å². The van der Waals surface area contributed by atoms with Gasteiger partial charge in [0.2, 0.25) is 5.91 Å². The molecule has 7 heteroatoms. The Labute approximate surface area is 78.9 Å². The van der Waals surface area contributed by atoms with Gasteiger partial charge in [0, 0.05) is 7.05 Å². The lowest BCUT2D eigenvalue weighted by Gasteiger charge is -2.18. The second-order valence-corrected chi connectivity index (χ2v) is 2.78. The highest BCUT2D eigenvalue weighted by atomic mass is 19.3. The van der Waals surface area contributed by atoms with E-state index in [1.165, 1.54) is 14.0 Å². The van der Waals surface area contributed by atoms with Crippen LogP contribution in [0.2, 0.25) is 0 Å². The summed E-state index contributed by atoms with van der Waals surface area (Å²) in [4.78, 5) is 10.8.